The van der Waals surface area contributed by atoms with Gasteiger partial charge in [0.15, 0.2) is 0 Å². The van der Waals surface area contributed by atoms with Gasteiger partial charge in [0, 0.05) is 0 Å². The average Bonchev–Trinajstić information content (AvgIpc) is 2.62. The Hall–Kier alpha value is -1.90. The molecule has 0 saturated heterocycles. The summed E-state index contributed by atoms with van der Waals surface area (Å²) in [6.45, 7) is 1.49. The molecule has 0 atom stereocenters. The Kier molecular flexibility index (Phi) is 6.35. The van der Waals surface area contributed by atoms with Crippen LogP contribution in [-0.4, -0.2) is 5.80 Å². The Morgan fingerprint density at radius 3 is 1.21 bits per heavy atom. The molecule has 0 heterocycles. The van der Waals surface area contributed by atoms with Gasteiger partial charge >= 0.3 is 18.9 Å². The first kappa shape index (κ1) is 18.4. The van der Waals surface area contributed by atoms with Gasteiger partial charge in [-0.1, -0.05) is 96.8 Å². The van der Waals surface area contributed by atoms with Crippen LogP contribution in [0.1, 0.15) is 0 Å². The Balaban J connectivity index is 0.00000208. The van der Waals surface area contributed by atoms with E-state index >= 15 is 0 Å². The molecular formula is C21H18LiOP. The second-order valence-corrected chi connectivity index (χ2v) is 8.58. The van der Waals surface area contributed by atoms with Crippen LogP contribution < -0.4 is 39.9 Å². The van der Waals surface area contributed by atoms with E-state index < -0.39 is 6.89 Å². The topological polar surface area (TPSA) is 23.1 Å². The van der Waals surface area contributed by atoms with Crippen LogP contribution in [0.15, 0.2) is 103 Å². The fraction of sp³-hybridized carbons (Fsp3) is 0. The second kappa shape index (κ2) is 8.27. The van der Waals surface area contributed by atoms with E-state index in [1.54, 1.807) is 0 Å². The minimum absolute atomic E-state index is 0. The fourth-order valence-electron chi connectivity index (χ4n) is 2.88. The SMILES string of the molecule is C=C([O-])C=P(c1ccccc1)(c1ccccc1)c1ccccc1.[Li+]. The molecule has 3 rings (SSSR count). The normalized spacial score (nSPS) is 10.5. The van der Waals surface area contributed by atoms with E-state index in [0.717, 1.165) is 15.9 Å². The van der Waals surface area contributed by atoms with Gasteiger partial charge in [0.2, 0.25) is 0 Å². The number of hydrogen-bond donors (Lipinski definition) is 0. The summed E-state index contributed by atoms with van der Waals surface area (Å²) in [6, 6.07) is 30.8. The van der Waals surface area contributed by atoms with E-state index in [2.05, 4.69) is 43.0 Å². The van der Waals surface area contributed by atoms with Crippen molar-refractivity contribution >= 4 is 28.6 Å². The molecule has 0 aliphatic heterocycles. The van der Waals surface area contributed by atoms with Gasteiger partial charge in [0.1, 0.15) is 0 Å². The number of benzene rings is 3. The predicted molar refractivity (Wildman–Crippen MR) is 100 cm³/mol. The number of hydrogen-bond acceptors (Lipinski definition) is 1. The van der Waals surface area contributed by atoms with Crippen LogP contribution in [0.5, 0.6) is 0 Å². The number of allylic oxidation sites excluding steroid dienone is 1. The van der Waals surface area contributed by atoms with Crippen molar-refractivity contribution in [3.8, 4) is 0 Å². The molecule has 0 aromatic heterocycles. The summed E-state index contributed by atoms with van der Waals surface area (Å²) in [6.07, 6.45) is 0. The van der Waals surface area contributed by atoms with Gasteiger partial charge in [-0.05, 0) is 22.8 Å². The van der Waals surface area contributed by atoms with Gasteiger partial charge in [-0.15, -0.1) is 12.3 Å². The van der Waals surface area contributed by atoms with Crippen molar-refractivity contribution in [1.82, 2.24) is 0 Å². The van der Waals surface area contributed by atoms with Crippen LogP contribution in [0.3, 0.4) is 0 Å². The molecule has 3 aromatic carbocycles. The van der Waals surface area contributed by atoms with E-state index in [1.165, 1.54) is 0 Å². The maximum Gasteiger partial charge on any atom is 1.00 e. The Morgan fingerprint density at radius 1 is 0.667 bits per heavy atom. The number of rotatable bonds is 4. The molecule has 0 fully saturated rings. The van der Waals surface area contributed by atoms with E-state index in [1.807, 2.05) is 60.4 Å². The van der Waals surface area contributed by atoms with E-state index in [-0.39, 0.29) is 24.6 Å². The average molecular weight is 324 g/mol. The van der Waals surface area contributed by atoms with Gasteiger partial charge in [0.05, 0.1) is 0 Å². The van der Waals surface area contributed by atoms with Crippen molar-refractivity contribution in [1.29, 1.82) is 0 Å². The smallest absolute Gasteiger partial charge is 0.873 e. The Bertz CT molecular complexity index is 739. The molecule has 0 aliphatic rings. The molecule has 0 N–H and O–H groups in total. The molecule has 0 bridgehead atoms. The summed E-state index contributed by atoms with van der Waals surface area (Å²) in [5.41, 5.74) is 0. The molecule has 0 spiro atoms. The maximum atomic E-state index is 12.0. The summed E-state index contributed by atoms with van der Waals surface area (Å²) in [7, 11) is 0. The molecule has 114 valence electrons. The summed E-state index contributed by atoms with van der Waals surface area (Å²) < 4.78 is 0. The zero-order chi connectivity index (χ0) is 16.1. The van der Waals surface area contributed by atoms with Gasteiger partial charge in [0.25, 0.3) is 0 Å². The standard InChI is InChI=1S/C21H19OP.Li/c1-18(22)17-23(19-11-5-2-6-12-19,20-13-7-3-8-14-20)21-15-9-4-10-16-21;/h2-17,22H,1H2;/q;+1/p-1. The summed E-state index contributed by atoms with van der Waals surface area (Å²) in [4.78, 5) is 0. The molecule has 1 nitrogen and oxygen atoms in total. The zero-order valence-electron chi connectivity index (χ0n) is 13.8. The molecule has 0 amide bonds. The van der Waals surface area contributed by atoms with Crippen molar-refractivity contribution < 1.29 is 24.0 Å². The first-order chi connectivity index (χ1) is 11.2. The molecule has 24 heavy (non-hydrogen) atoms. The fourth-order valence-corrected chi connectivity index (χ4v) is 6.58. The van der Waals surface area contributed by atoms with E-state index in [9.17, 15) is 5.11 Å². The first-order valence-electron chi connectivity index (χ1n) is 7.51. The van der Waals surface area contributed by atoms with Crippen molar-refractivity contribution in [3.05, 3.63) is 103 Å². The van der Waals surface area contributed by atoms with Gasteiger partial charge in [-0.3, -0.25) is 0 Å². The van der Waals surface area contributed by atoms with Crippen LogP contribution in [0.25, 0.3) is 0 Å². The largest absolute Gasteiger partial charge is 1.00 e. The van der Waals surface area contributed by atoms with E-state index in [0.29, 0.717) is 0 Å². The summed E-state index contributed by atoms with van der Waals surface area (Å²) in [5.74, 6) is 1.68. The van der Waals surface area contributed by atoms with Crippen molar-refractivity contribution in [2.75, 3.05) is 0 Å². The third kappa shape index (κ3) is 3.60. The van der Waals surface area contributed by atoms with Crippen molar-refractivity contribution in [2.24, 2.45) is 0 Å². The third-order valence-corrected chi connectivity index (χ3v) is 7.84. The first-order valence-corrected chi connectivity index (χ1v) is 9.37. The van der Waals surface area contributed by atoms with Crippen LogP contribution in [-0.2, 0) is 0 Å². The van der Waals surface area contributed by atoms with E-state index in [4.69, 9.17) is 0 Å². The molecule has 0 saturated carbocycles. The molecule has 0 radical (unpaired) electrons. The zero-order valence-corrected chi connectivity index (χ0v) is 14.7. The van der Waals surface area contributed by atoms with Gasteiger partial charge < -0.3 is 5.11 Å². The van der Waals surface area contributed by atoms with Gasteiger partial charge in [-0.25, -0.2) is 0 Å². The van der Waals surface area contributed by atoms with Crippen LogP contribution in [0.2, 0.25) is 0 Å². The monoisotopic (exact) mass is 324 g/mol. The van der Waals surface area contributed by atoms with Crippen molar-refractivity contribution in [2.45, 2.75) is 0 Å². The molecule has 3 aromatic rings. The minimum Gasteiger partial charge on any atom is -0.873 e. The predicted octanol–water partition coefficient (Wildman–Crippen LogP) is -0.339. The minimum atomic E-state index is -2.15. The molecule has 3 heteroatoms. The van der Waals surface area contributed by atoms with Crippen LogP contribution in [0, 0.1) is 0 Å². The molecule has 0 aliphatic carbocycles. The quantitative estimate of drug-likeness (QED) is 0.366. The van der Waals surface area contributed by atoms with Gasteiger partial charge in [-0.2, -0.15) is 0 Å². The summed E-state index contributed by atoms with van der Waals surface area (Å²) in [5, 5.41) is 15.5. The Labute approximate surface area is 155 Å². The van der Waals surface area contributed by atoms with Crippen LogP contribution in [0.4, 0.5) is 0 Å². The second-order valence-electron chi connectivity index (χ2n) is 5.32. The maximum absolute atomic E-state index is 12.0. The third-order valence-electron chi connectivity index (χ3n) is 3.83. The van der Waals surface area contributed by atoms with Crippen LogP contribution >= 0.6 is 6.89 Å². The van der Waals surface area contributed by atoms with Crippen molar-refractivity contribution in [3.63, 3.8) is 0 Å². The Morgan fingerprint density at radius 2 is 0.958 bits per heavy atom. The summed E-state index contributed by atoms with van der Waals surface area (Å²) >= 11 is 0. The molecule has 0 unspecified atom stereocenters. The molecular weight excluding hydrogens is 306 g/mol.